The molecule has 1 heterocycles. The minimum absolute atomic E-state index is 0.0102. The SMILES string of the molecule is Cc1ccc(N)c(C)c1N1C(=O)CC2(CCCCC2)C1=O. The van der Waals surface area contributed by atoms with Gasteiger partial charge in [0.15, 0.2) is 0 Å². The molecule has 4 heteroatoms. The molecule has 3 rings (SSSR count). The number of imide groups is 1. The quantitative estimate of drug-likeness (QED) is 0.637. The molecule has 1 saturated heterocycles. The molecule has 21 heavy (non-hydrogen) atoms. The number of carbonyl (C=O) groups excluding carboxylic acids is 2. The Labute approximate surface area is 125 Å². The zero-order valence-electron chi connectivity index (χ0n) is 12.7. The number of nitrogens with two attached hydrogens (primary N) is 1. The van der Waals surface area contributed by atoms with Crippen LogP contribution in [0.1, 0.15) is 49.7 Å². The van der Waals surface area contributed by atoms with Gasteiger partial charge in [-0.25, -0.2) is 4.90 Å². The van der Waals surface area contributed by atoms with E-state index in [1.54, 1.807) is 0 Å². The third-order valence-electron chi connectivity index (χ3n) is 5.10. The number of carbonyl (C=O) groups is 2. The summed E-state index contributed by atoms with van der Waals surface area (Å²) < 4.78 is 0. The van der Waals surface area contributed by atoms with Crippen molar-refractivity contribution >= 4 is 23.2 Å². The van der Waals surface area contributed by atoms with Gasteiger partial charge in [0.1, 0.15) is 0 Å². The van der Waals surface area contributed by atoms with Gasteiger partial charge in [0.05, 0.1) is 11.1 Å². The second-order valence-corrected chi connectivity index (χ2v) is 6.50. The van der Waals surface area contributed by atoms with Crippen LogP contribution in [0.2, 0.25) is 0 Å². The summed E-state index contributed by atoms with van der Waals surface area (Å²) in [6, 6.07) is 3.71. The van der Waals surface area contributed by atoms with E-state index in [-0.39, 0.29) is 11.8 Å². The predicted octanol–water partition coefficient (Wildman–Crippen LogP) is 3.10. The number of benzene rings is 1. The van der Waals surface area contributed by atoms with Crippen molar-refractivity contribution in [3.63, 3.8) is 0 Å². The first-order chi connectivity index (χ1) is 9.96. The third kappa shape index (κ3) is 2.04. The fraction of sp³-hybridized carbons (Fsp3) is 0.529. The van der Waals surface area contributed by atoms with E-state index in [9.17, 15) is 9.59 Å². The van der Waals surface area contributed by atoms with Crippen molar-refractivity contribution in [1.29, 1.82) is 0 Å². The first-order valence-corrected chi connectivity index (χ1v) is 7.69. The Morgan fingerprint density at radius 1 is 1.10 bits per heavy atom. The van der Waals surface area contributed by atoms with E-state index in [4.69, 9.17) is 5.73 Å². The molecule has 1 spiro atoms. The average molecular weight is 286 g/mol. The van der Waals surface area contributed by atoms with Crippen LogP contribution in [0.3, 0.4) is 0 Å². The normalized spacial score (nSPS) is 21.3. The van der Waals surface area contributed by atoms with Crippen molar-refractivity contribution in [3.8, 4) is 0 Å². The molecule has 2 fully saturated rings. The summed E-state index contributed by atoms with van der Waals surface area (Å²) in [4.78, 5) is 26.9. The lowest BCUT2D eigenvalue weighted by Gasteiger charge is -2.31. The maximum atomic E-state index is 13.0. The van der Waals surface area contributed by atoms with E-state index in [0.29, 0.717) is 17.8 Å². The first-order valence-electron chi connectivity index (χ1n) is 7.69. The van der Waals surface area contributed by atoms with Crippen LogP contribution in [0.25, 0.3) is 0 Å². The number of aryl methyl sites for hydroxylation is 1. The molecule has 4 nitrogen and oxygen atoms in total. The van der Waals surface area contributed by atoms with Gasteiger partial charge < -0.3 is 5.73 Å². The van der Waals surface area contributed by atoms with Gasteiger partial charge in [-0.3, -0.25) is 9.59 Å². The molecular weight excluding hydrogens is 264 g/mol. The lowest BCUT2D eigenvalue weighted by molar-refractivity contribution is -0.127. The van der Waals surface area contributed by atoms with Crippen molar-refractivity contribution in [3.05, 3.63) is 23.3 Å². The number of anilines is 2. The van der Waals surface area contributed by atoms with Gasteiger partial charge in [-0.05, 0) is 43.9 Å². The Balaban J connectivity index is 2.06. The van der Waals surface area contributed by atoms with Gasteiger partial charge in [0.25, 0.3) is 0 Å². The molecule has 0 aromatic heterocycles. The monoisotopic (exact) mass is 286 g/mol. The molecule has 1 aromatic carbocycles. The van der Waals surface area contributed by atoms with Gasteiger partial charge in [-0.1, -0.05) is 25.3 Å². The van der Waals surface area contributed by atoms with E-state index in [1.807, 2.05) is 26.0 Å². The lowest BCUT2D eigenvalue weighted by atomic mass is 9.73. The molecule has 1 aliphatic carbocycles. The van der Waals surface area contributed by atoms with Crippen LogP contribution >= 0.6 is 0 Å². The highest BCUT2D eigenvalue weighted by molar-refractivity contribution is 6.23. The Bertz CT molecular complexity index is 615. The van der Waals surface area contributed by atoms with Crippen molar-refractivity contribution in [2.45, 2.75) is 52.4 Å². The number of hydrogen-bond acceptors (Lipinski definition) is 3. The van der Waals surface area contributed by atoms with Crippen LogP contribution in [0.4, 0.5) is 11.4 Å². The van der Waals surface area contributed by atoms with Crippen LogP contribution in [0.5, 0.6) is 0 Å². The highest BCUT2D eigenvalue weighted by atomic mass is 16.2. The molecule has 1 aliphatic heterocycles. The zero-order chi connectivity index (χ0) is 15.2. The van der Waals surface area contributed by atoms with Gasteiger partial charge in [-0.15, -0.1) is 0 Å². The first kappa shape index (κ1) is 14.1. The van der Waals surface area contributed by atoms with Gasteiger partial charge in [0.2, 0.25) is 11.8 Å². The van der Waals surface area contributed by atoms with Gasteiger partial charge >= 0.3 is 0 Å². The van der Waals surface area contributed by atoms with E-state index < -0.39 is 5.41 Å². The maximum absolute atomic E-state index is 13.0. The number of amides is 2. The van der Waals surface area contributed by atoms with E-state index in [2.05, 4.69) is 0 Å². The predicted molar refractivity (Wildman–Crippen MR) is 83.0 cm³/mol. The summed E-state index contributed by atoms with van der Waals surface area (Å²) in [5, 5.41) is 0. The number of rotatable bonds is 1. The van der Waals surface area contributed by atoms with Crippen LogP contribution in [-0.2, 0) is 9.59 Å². The van der Waals surface area contributed by atoms with Crippen molar-refractivity contribution in [1.82, 2.24) is 0 Å². The molecule has 2 N–H and O–H groups in total. The average Bonchev–Trinajstić information content (AvgIpc) is 2.69. The summed E-state index contributed by atoms with van der Waals surface area (Å²) >= 11 is 0. The molecule has 112 valence electrons. The standard InChI is InChI=1S/C17H22N2O2/c1-11-6-7-13(18)12(2)15(11)19-14(20)10-17(16(19)21)8-4-3-5-9-17/h6-7H,3-5,8-10,18H2,1-2H3. The molecule has 0 radical (unpaired) electrons. The maximum Gasteiger partial charge on any atom is 0.240 e. The van der Waals surface area contributed by atoms with Crippen LogP contribution in [-0.4, -0.2) is 11.8 Å². The third-order valence-corrected chi connectivity index (χ3v) is 5.10. The van der Waals surface area contributed by atoms with Crippen LogP contribution < -0.4 is 10.6 Å². The number of nitrogens with zero attached hydrogens (tertiary/aromatic N) is 1. The highest BCUT2D eigenvalue weighted by Gasteiger charge is 2.52. The fourth-order valence-corrected chi connectivity index (χ4v) is 3.84. The minimum Gasteiger partial charge on any atom is -0.398 e. The Morgan fingerprint density at radius 3 is 2.43 bits per heavy atom. The second kappa shape index (κ2) is 4.86. The number of nitrogen functional groups attached to an aromatic ring is 1. The smallest absolute Gasteiger partial charge is 0.240 e. The van der Waals surface area contributed by atoms with E-state index >= 15 is 0 Å². The number of hydrogen-bond donors (Lipinski definition) is 1. The molecule has 0 atom stereocenters. The largest absolute Gasteiger partial charge is 0.398 e. The molecular formula is C17H22N2O2. The summed E-state index contributed by atoms with van der Waals surface area (Å²) in [5.41, 5.74) is 8.60. The van der Waals surface area contributed by atoms with Gasteiger partial charge in [-0.2, -0.15) is 0 Å². The summed E-state index contributed by atoms with van der Waals surface area (Å²) in [6.07, 6.45) is 5.30. The molecule has 1 saturated carbocycles. The lowest BCUT2D eigenvalue weighted by Crippen LogP contribution is -2.37. The van der Waals surface area contributed by atoms with E-state index in [0.717, 1.165) is 36.8 Å². The Kier molecular flexibility index (Phi) is 3.27. The summed E-state index contributed by atoms with van der Waals surface area (Å²) in [6.45, 7) is 3.80. The summed E-state index contributed by atoms with van der Waals surface area (Å²) in [5.74, 6) is -0.0808. The molecule has 0 unspecified atom stereocenters. The molecule has 2 amide bonds. The van der Waals surface area contributed by atoms with Gasteiger partial charge in [0, 0.05) is 12.1 Å². The minimum atomic E-state index is -0.446. The highest BCUT2D eigenvalue weighted by Crippen LogP contribution is 2.47. The molecule has 2 aliphatic rings. The zero-order valence-corrected chi connectivity index (χ0v) is 12.7. The summed E-state index contributed by atoms with van der Waals surface area (Å²) in [7, 11) is 0. The van der Waals surface area contributed by atoms with Crippen LogP contribution in [0.15, 0.2) is 12.1 Å². The van der Waals surface area contributed by atoms with Crippen molar-refractivity contribution < 1.29 is 9.59 Å². The molecule has 1 aromatic rings. The Hall–Kier alpha value is -1.84. The van der Waals surface area contributed by atoms with Crippen molar-refractivity contribution in [2.24, 2.45) is 5.41 Å². The van der Waals surface area contributed by atoms with E-state index in [1.165, 1.54) is 11.3 Å². The molecule has 0 bridgehead atoms. The Morgan fingerprint density at radius 2 is 1.76 bits per heavy atom. The second-order valence-electron chi connectivity index (χ2n) is 6.50. The van der Waals surface area contributed by atoms with Crippen molar-refractivity contribution in [2.75, 3.05) is 10.6 Å². The van der Waals surface area contributed by atoms with Crippen LogP contribution in [0, 0.1) is 19.3 Å². The fourth-order valence-electron chi connectivity index (χ4n) is 3.84. The topological polar surface area (TPSA) is 63.4 Å².